The number of nitrogens with zero attached hydrogens (tertiary/aromatic N) is 4. The van der Waals surface area contributed by atoms with E-state index in [4.69, 9.17) is 27.9 Å². The second-order valence-electron chi connectivity index (χ2n) is 12.5. The van der Waals surface area contributed by atoms with Gasteiger partial charge in [-0.3, -0.25) is 9.36 Å². The number of carbonyl (C=O) groups is 1. The van der Waals surface area contributed by atoms with Crippen LogP contribution < -0.4 is 21.7 Å². The molecule has 1 atom stereocenters. The van der Waals surface area contributed by atoms with Gasteiger partial charge in [0.25, 0.3) is 0 Å². The highest BCUT2D eigenvalue weighted by molar-refractivity contribution is 7.98. The lowest BCUT2D eigenvalue weighted by atomic mass is 9.81. The molecule has 0 radical (unpaired) electrons. The third kappa shape index (κ3) is 9.33. The zero-order chi connectivity index (χ0) is 37.8. The van der Waals surface area contributed by atoms with E-state index in [1.54, 1.807) is 24.4 Å². The van der Waals surface area contributed by atoms with E-state index in [-0.39, 0.29) is 35.3 Å². The van der Waals surface area contributed by atoms with Crippen LogP contribution in [-0.2, 0) is 32.5 Å². The molecule has 0 amide bonds. The van der Waals surface area contributed by atoms with Crippen molar-refractivity contribution in [1.82, 2.24) is 13.9 Å². The van der Waals surface area contributed by atoms with Crippen molar-refractivity contribution in [3.63, 3.8) is 0 Å². The molecule has 0 saturated heterocycles. The van der Waals surface area contributed by atoms with E-state index in [0.717, 1.165) is 39.5 Å². The highest BCUT2D eigenvalue weighted by Crippen LogP contribution is 2.40. The molecule has 0 fully saturated rings. The number of thioether (sulfide) groups is 1. The van der Waals surface area contributed by atoms with Crippen molar-refractivity contribution < 1.29 is 48.8 Å². The molecule has 9 nitrogen and oxygen atoms in total. The summed E-state index contributed by atoms with van der Waals surface area (Å²) in [6, 6.07) is 17.4. The van der Waals surface area contributed by atoms with Gasteiger partial charge < -0.3 is 22.3 Å². The number of carboxylic acid groups (broad SMARTS) is 1. The van der Waals surface area contributed by atoms with Crippen LogP contribution in [0.4, 0.5) is 8.78 Å². The molecule has 0 bridgehead atoms. The van der Waals surface area contributed by atoms with Crippen LogP contribution in [0.5, 0.6) is 5.75 Å². The molecule has 1 unspecified atom stereocenters. The molecule has 0 saturated carbocycles. The van der Waals surface area contributed by atoms with E-state index in [1.807, 2.05) is 65.7 Å². The lowest BCUT2D eigenvalue weighted by Gasteiger charge is -2.28. The molecule has 5 aromatic rings. The van der Waals surface area contributed by atoms with E-state index in [2.05, 4.69) is 4.98 Å². The predicted octanol–water partition coefficient (Wildman–Crippen LogP) is 4.93. The lowest BCUT2D eigenvalue weighted by molar-refractivity contribution is -0.697. The van der Waals surface area contributed by atoms with Crippen LogP contribution in [0.25, 0.3) is 5.69 Å². The monoisotopic (exact) mass is 824 g/mol. The number of pyridine rings is 1. The molecular weight excluding hydrogens is 789 g/mol. The molecule has 5 rings (SSSR count). The summed E-state index contributed by atoms with van der Waals surface area (Å²) in [6.45, 7) is 5.56. The van der Waals surface area contributed by atoms with E-state index in [0.29, 0.717) is 34.6 Å². The number of aliphatic carboxylic acids is 1. The first-order valence-corrected chi connectivity index (χ1v) is 19.3. The maximum atomic E-state index is 15.8. The molecule has 282 valence electrons. The normalized spacial score (nSPS) is 12.4. The highest BCUT2D eigenvalue weighted by atomic mass is 35.5. The molecule has 0 aliphatic heterocycles. The number of hydrogen-bond donors (Lipinski definition) is 1. The minimum atomic E-state index is -4.47. The Hall–Kier alpha value is -3.72. The van der Waals surface area contributed by atoms with Crippen molar-refractivity contribution in [2.24, 2.45) is 0 Å². The van der Waals surface area contributed by atoms with Crippen LogP contribution in [-0.4, -0.2) is 53.0 Å². The maximum absolute atomic E-state index is 15.8. The minimum absolute atomic E-state index is 0. The van der Waals surface area contributed by atoms with Gasteiger partial charge in [-0.05, 0) is 61.0 Å². The Morgan fingerprint density at radius 1 is 1.06 bits per heavy atom. The van der Waals surface area contributed by atoms with Gasteiger partial charge in [0.15, 0.2) is 17.6 Å². The zero-order valence-corrected chi connectivity index (χ0v) is 33.0. The van der Waals surface area contributed by atoms with Crippen molar-refractivity contribution >= 4 is 51.0 Å². The van der Waals surface area contributed by atoms with Crippen molar-refractivity contribution in [1.29, 1.82) is 0 Å². The van der Waals surface area contributed by atoms with E-state index < -0.39 is 44.0 Å². The van der Waals surface area contributed by atoms with Gasteiger partial charge in [-0.1, -0.05) is 60.9 Å². The third-order valence-electron chi connectivity index (χ3n) is 8.76. The van der Waals surface area contributed by atoms with Crippen LogP contribution in [0.2, 0.25) is 10.0 Å². The van der Waals surface area contributed by atoms with Crippen LogP contribution in [0.3, 0.4) is 0 Å². The van der Waals surface area contributed by atoms with Gasteiger partial charge >= 0.3 is 5.97 Å². The van der Waals surface area contributed by atoms with Crippen LogP contribution in [0.1, 0.15) is 44.0 Å². The Morgan fingerprint density at radius 2 is 1.74 bits per heavy atom. The second-order valence-corrected chi connectivity index (χ2v) is 16.1. The smallest absolute Gasteiger partial charge is 0.321 e. The number of carboxylic acids is 1. The van der Waals surface area contributed by atoms with Crippen LogP contribution in [0, 0.1) is 11.6 Å². The predicted molar refractivity (Wildman–Crippen MR) is 197 cm³/mol. The number of benzene rings is 3. The summed E-state index contributed by atoms with van der Waals surface area (Å²) in [4.78, 5) is 16.1. The second kappa shape index (κ2) is 17.6. The fraction of sp³-hybridized carbons (Fsp3) is 0.270. The first-order chi connectivity index (χ1) is 24.6. The number of ether oxygens (including phenoxy) is 1. The summed E-state index contributed by atoms with van der Waals surface area (Å²) in [5.41, 5.74) is 1.56. The summed E-state index contributed by atoms with van der Waals surface area (Å²) in [6.07, 6.45) is 5.63. The molecule has 2 aromatic heterocycles. The number of halogens is 5. The molecular formula is C37H37Cl3F2N4O5S2. The third-order valence-corrected chi connectivity index (χ3v) is 12.3. The molecule has 0 aliphatic carbocycles. The molecule has 2 heterocycles. The van der Waals surface area contributed by atoms with E-state index in [1.165, 1.54) is 26.2 Å². The number of rotatable bonds is 15. The van der Waals surface area contributed by atoms with Crippen molar-refractivity contribution in [3.05, 3.63) is 130 Å². The Labute approximate surface area is 328 Å². The number of aryl methyl sites for hydroxylation is 1. The number of sulfonamides is 1. The number of aromatic nitrogens is 3. The minimum Gasteiger partial charge on any atom is -1.00 e. The molecule has 0 spiro atoms. The topological polar surface area (TPSA) is 106 Å². The van der Waals surface area contributed by atoms with Crippen LogP contribution in [0.15, 0.2) is 101 Å². The fourth-order valence-corrected chi connectivity index (χ4v) is 9.00. The summed E-state index contributed by atoms with van der Waals surface area (Å²) >= 11 is 14.0. The SMILES string of the molecule is COc1cc(C(C)(C)c2cnc(SCc3c(F)cc(S(=O)(=O)N(CCC[n+]4ccccc4)C(C)C(=O)O)cc3Cl)n2-c2ccc(F)cc2)ccc1Cl.[Cl-]. The van der Waals surface area contributed by atoms with Gasteiger partial charge in [0, 0.05) is 52.5 Å². The van der Waals surface area contributed by atoms with Gasteiger partial charge in [0.1, 0.15) is 30.0 Å². The zero-order valence-electron chi connectivity index (χ0n) is 29.1. The van der Waals surface area contributed by atoms with Crippen molar-refractivity contribution in [2.45, 2.75) is 61.0 Å². The Balaban J connectivity index is 0.00000627. The Bertz CT molecular complexity index is 2150. The largest absolute Gasteiger partial charge is 1.00 e. The van der Waals surface area contributed by atoms with Gasteiger partial charge in [-0.15, -0.1) is 0 Å². The summed E-state index contributed by atoms with van der Waals surface area (Å²) in [7, 11) is -2.95. The quantitative estimate of drug-likeness (QED) is 0.118. The van der Waals surface area contributed by atoms with Gasteiger partial charge in [0.2, 0.25) is 10.0 Å². The summed E-state index contributed by atoms with van der Waals surface area (Å²) in [5, 5.41) is 10.5. The molecule has 3 aromatic carbocycles. The number of methoxy groups -OCH3 is 1. The summed E-state index contributed by atoms with van der Waals surface area (Å²) in [5.74, 6) is -2.19. The Morgan fingerprint density at radius 3 is 2.36 bits per heavy atom. The van der Waals surface area contributed by atoms with Gasteiger partial charge in [-0.25, -0.2) is 26.7 Å². The molecule has 0 aliphatic rings. The molecule has 53 heavy (non-hydrogen) atoms. The first-order valence-electron chi connectivity index (χ1n) is 16.1. The van der Waals surface area contributed by atoms with Crippen LogP contribution >= 0.6 is 35.0 Å². The van der Waals surface area contributed by atoms with E-state index in [9.17, 15) is 22.7 Å². The first kappa shape index (κ1) is 42.0. The molecule has 1 N–H and O–H groups in total. The van der Waals surface area contributed by atoms with E-state index >= 15 is 4.39 Å². The summed E-state index contributed by atoms with van der Waals surface area (Å²) < 4.78 is 67.4. The fourth-order valence-electron chi connectivity index (χ4n) is 5.69. The van der Waals surface area contributed by atoms with Gasteiger partial charge in [0.05, 0.1) is 28.9 Å². The lowest BCUT2D eigenvalue weighted by Crippen LogP contribution is -3.00. The molecule has 16 heteroatoms. The van der Waals surface area contributed by atoms with Gasteiger partial charge in [-0.2, -0.15) is 4.31 Å². The Kier molecular flexibility index (Phi) is 14.0. The number of imidazole rings is 1. The number of hydrogen-bond acceptors (Lipinski definition) is 6. The average Bonchev–Trinajstić information content (AvgIpc) is 3.55. The van der Waals surface area contributed by atoms with Crippen molar-refractivity contribution in [2.75, 3.05) is 13.7 Å². The van der Waals surface area contributed by atoms with Crippen molar-refractivity contribution in [3.8, 4) is 11.4 Å². The highest BCUT2D eigenvalue weighted by Gasteiger charge is 2.35. The maximum Gasteiger partial charge on any atom is 0.321 e. The average molecular weight is 826 g/mol. The standard InChI is InChI=1S/C37H36Cl2F2N4O5S2.ClH/c1-24(35(46)47)44(18-8-17-43-15-6-5-7-16-43)52(48,49)28-20-31(39)29(32(41)21-28)23-51-36-42-22-34(45(36)27-12-10-26(40)11-13-27)37(2,3)25-9-14-30(38)33(19-25)50-4;/h5-7,9-16,19-22,24H,8,17-18,23H2,1-4H3;1H.